The summed E-state index contributed by atoms with van der Waals surface area (Å²) in [5.41, 5.74) is 0. The summed E-state index contributed by atoms with van der Waals surface area (Å²) >= 11 is 7.68. The first-order chi connectivity index (χ1) is 10.2. The Hall–Kier alpha value is -0.880. The molecule has 114 valence electrons. The maximum atomic E-state index is 5.99. The highest BCUT2D eigenvalue weighted by Crippen LogP contribution is 2.23. The van der Waals surface area contributed by atoms with Gasteiger partial charge in [0.25, 0.3) is 0 Å². The van der Waals surface area contributed by atoms with Crippen molar-refractivity contribution in [1.82, 2.24) is 19.4 Å². The number of halogens is 1. The molecule has 1 aliphatic heterocycles. The zero-order valence-corrected chi connectivity index (χ0v) is 13.9. The van der Waals surface area contributed by atoms with Crippen molar-refractivity contribution >= 4 is 22.9 Å². The monoisotopic (exact) mass is 324 g/mol. The second-order valence-electron chi connectivity index (χ2n) is 5.39. The second-order valence-corrected chi connectivity index (χ2v) is 7.19. The van der Waals surface area contributed by atoms with Crippen molar-refractivity contribution in [2.24, 2.45) is 0 Å². The summed E-state index contributed by atoms with van der Waals surface area (Å²) in [6.07, 6.45) is 3.96. The van der Waals surface area contributed by atoms with Crippen molar-refractivity contribution in [2.75, 3.05) is 26.2 Å². The topological polar surface area (TPSA) is 24.3 Å². The molecule has 2 aromatic heterocycles. The van der Waals surface area contributed by atoms with Crippen LogP contribution in [0.3, 0.4) is 0 Å². The van der Waals surface area contributed by atoms with E-state index in [-0.39, 0.29) is 0 Å². The Balaban J connectivity index is 1.49. The van der Waals surface area contributed by atoms with Crippen LogP contribution >= 0.6 is 22.9 Å². The molecule has 6 heteroatoms. The van der Waals surface area contributed by atoms with E-state index in [0.29, 0.717) is 0 Å². The molecule has 0 amide bonds. The lowest BCUT2D eigenvalue weighted by atomic mass is 10.3. The van der Waals surface area contributed by atoms with Crippen molar-refractivity contribution in [3.8, 4) is 0 Å². The average molecular weight is 325 g/mol. The summed E-state index contributed by atoms with van der Waals surface area (Å²) in [5, 5.41) is 0. The summed E-state index contributed by atoms with van der Waals surface area (Å²) in [6, 6.07) is 4.12. The van der Waals surface area contributed by atoms with E-state index in [4.69, 9.17) is 11.6 Å². The van der Waals surface area contributed by atoms with Crippen LogP contribution in [-0.4, -0.2) is 45.5 Å². The van der Waals surface area contributed by atoms with Crippen LogP contribution in [-0.2, 0) is 19.6 Å². The minimum Gasteiger partial charge on any atom is -0.334 e. The van der Waals surface area contributed by atoms with Gasteiger partial charge in [0.15, 0.2) is 0 Å². The zero-order valence-electron chi connectivity index (χ0n) is 12.3. The van der Waals surface area contributed by atoms with Crippen LogP contribution in [0.4, 0.5) is 0 Å². The number of aromatic nitrogens is 2. The van der Waals surface area contributed by atoms with Gasteiger partial charge in [-0.1, -0.05) is 11.6 Å². The maximum Gasteiger partial charge on any atom is 0.122 e. The standard InChI is InChI=1S/C15H21ClN4S/c1-2-20-6-5-17-15(20)12-19-9-7-18(8-10-19)11-13-3-4-14(16)21-13/h3-6H,2,7-12H2,1H3. The molecule has 1 saturated heterocycles. The number of hydrogen-bond acceptors (Lipinski definition) is 4. The van der Waals surface area contributed by atoms with Gasteiger partial charge in [-0.2, -0.15) is 0 Å². The first kappa shape index (κ1) is 15.0. The SMILES string of the molecule is CCn1ccnc1CN1CCN(Cc2ccc(Cl)s2)CC1. The van der Waals surface area contributed by atoms with Gasteiger partial charge in [0.05, 0.1) is 10.9 Å². The minimum atomic E-state index is 0.884. The summed E-state index contributed by atoms with van der Waals surface area (Å²) in [6.45, 7) is 9.58. The molecule has 0 aromatic carbocycles. The van der Waals surface area contributed by atoms with Crippen LogP contribution in [0.5, 0.6) is 0 Å². The van der Waals surface area contributed by atoms with Crippen LogP contribution in [0.25, 0.3) is 0 Å². The Kier molecular flexibility index (Phi) is 4.95. The lowest BCUT2D eigenvalue weighted by molar-refractivity contribution is 0.119. The van der Waals surface area contributed by atoms with Gasteiger partial charge in [0.1, 0.15) is 5.82 Å². The third kappa shape index (κ3) is 3.86. The van der Waals surface area contributed by atoms with Crippen molar-refractivity contribution in [1.29, 1.82) is 0 Å². The fourth-order valence-corrected chi connectivity index (χ4v) is 3.87. The number of hydrogen-bond donors (Lipinski definition) is 0. The quantitative estimate of drug-likeness (QED) is 0.845. The van der Waals surface area contributed by atoms with E-state index in [1.165, 1.54) is 10.7 Å². The van der Waals surface area contributed by atoms with E-state index in [9.17, 15) is 0 Å². The van der Waals surface area contributed by atoms with Crippen molar-refractivity contribution in [3.63, 3.8) is 0 Å². The molecule has 0 unspecified atom stereocenters. The van der Waals surface area contributed by atoms with E-state index in [2.05, 4.69) is 38.5 Å². The number of imidazole rings is 1. The molecule has 1 aliphatic rings. The van der Waals surface area contributed by atoms with Crippen LogP contribution < -0.4 is 0 Å². The Morgan fingerprint density at radius 1 is 1.14 bits per heavy atom. The van der Waals surface area contributed by atoms with E-state index < -0.39 is 0 Å². The predicted octanol–water partition coefficient (Wildman–Crippen LogP) is 2.94. The summed E-state index contributed by atoms with van der Waals surface area (Å²) in [7, 11) is 0. The van der Waals surface area contributed by atoms with Crippen LogP contribution in [0.15, 0.2) is 24.5 Å². The molecule has 0 N–H and O–H groups in total. The molecule has 0 bridgehead atoms. The third-order valence-electron chi connectivity index (χ3n) is 3.98. The van der Waals surface area contributed by atoms with Gasteiger partial charge in [-0.15, -0.1) is 11.3 Å². The number of piperazine rings is 1. The molecule has 0 radical (unpaired) electrons. The summed E-state index contributed by atoms with van der Waals surface area (Å²) < 4.78 is 3.11. The normalized spacial score (nSPS) is 17.4. The maximum absolute atomic E-state index is 5.99. The third-order valence-corrected chi connectivity index (χ3v) is 5.20. The molecular weight excluding hydrogens is 304 g/mol. The average Bonchev–Trinajstić information content (AvgIpc) is 3.10. The van der Waals surface area contributed by atoms with Crippen LogP contribution in [0, 0.1) is 0 Å². The Morgan fingerprint density at radius 2 is 1.86 bits per heavy atom. The van der Waals surface area contributed by atoms with E-state index in [1.54, 1.807) is 11.3 Å². The zero-order chi connectivity index (χ0) is 14.7. The Bertz CT molecular complexity index is 572. The molecule has 1 fully saturated rings. The van der Waals surface area contributed by atoms with Gasteiger partial charge in [0.2, 0.25) is 0 Å². The van der Waals surface area contributed by atoms with Crippen LogP contribution in [0.2, 0.25) is 4.34 Å². The van der Waals surface area contributed by atoms with E-state index >= 15 is 0 Å². The lowest BCUT2D eigenvalue weighted by Crippen LogP contribution is -2.45. The number of thiophene rings is 1. The molecule has 2 aromatic rings. The molecule has 0 saturated carbocycles. The molecule has 3 rings (SSSR count). The highest BCUT2D eigenvalue weighted by Gasteiger charge is 2.18. The van der Waals surface area contributed by atoms with E-state index in [0.717, 1.165) is 50.1 Å². The van der Waals surface area contributed by atoms with Crippen molar-refractivity contribution in [3.05, 3.63) is 39.6 Å². The van der Waals surface area contributed by atoms with Crippen LogP contribution in [0.1, 0.15) is 17.6 Å². The van der Waals surface area contributed by atoms with Gasteiger partial charge in [0, 0.05) is 56.5 Å². The fourth-order valence-electron chi connectivity index (χ4n) is 2.74. The lowest BCUT2D eigenvalue weighted by Gasteiger charge is -2.34. The highest BCUT2D eigenvalue weighted by atomic mass is 35.5. The molecule has 3 heterocycles. The molecule has 0 aliphatic carbocycles. The predicted molar refractivity (Wildman–Crippen MR) is 87.8 cm³/mol. The van der Waals surface area contributed by atoms with Gasteiger partial charge >= 0.3 is 0 Å². The van der Waals surface area contributed by atoms with E-state index in [1.807, 2.05) is 12.3 Å². The number of aryl methyl sites for hydroxylation is 1. The number of rotatable bonds is 5. The molecule has 0 atom stereocenters. The van der Waals surface area contributed by atoms with Gasteiger partial charge < -0.3 is 4.57 Å². The van der Waals surface area contributed by atoms with Gasteiger partial charge in [-0.05, 0) is 19.1 Å². The Morgan fingerprint density at radius 3 is 2.48 bits per heavy atom. The summed E-state index contributed by atoms with van der Waals surface area (Å²) in [5.74, 6) is 1.18. The highest BCUT2D eigenvalue weighted by molar-refractivity contribution is 7.16. The first-order valence-corrected chi connectivity index (χ1v) is 8.63. The molecular formula is C15H21ClN4S. The van der Waals surface area contributed by atoms with Gasteiger partial charge in [-0.3, -0.25) is 9.80 Å². The van der Waals surface area contributed by atoms with Gasteiger partial charge in [-0.25, -0.2) is 4.98 Å². The number of nitrogens with zero attached hydrogens (tertiary/aromatic N) is 4. The van der Waals surface area contributed by atoms with Crippen molar-refractivity contribution < 1.29 is 0 Å². The molecule has 0 spiro atoms. The Labute approximate surface area is 135 Å². The molecule has 4 nitrogen and oxygen atoms in total. The molecule has 21 heavy (non-hydrogen) atoms. The first-order valence-electron chi connectivity index (χ1n) is 7.43. The smallest absolute Gasteiger partial charge is 0.122 e. The summed E-state index contributed by atoms with van der Waals surface area (Å²) in [4.78, 5) is 10.8. The second kappa shape index (κ2) is 6.92. The minimum absolute atomic E-state index is 0.884. The fraction of sp³-hybridized carbons (Fsp3) is 0.533. The van der Waals surface area contributed by atoms with Crippen molar-refractivity contribution in [2.45, 2.75) is 26.6 Å². The largest absolute Gasteiger partial charge is 0.334 e.